The lowest BCUT2D eigenvalue weighted by atomic mass is 10.0. The molecule has 1 aliphatic carbocycles. The monoisotopic (exact) mass is 297 g/mol. The minimum atomic E-state index is 0.166. The fourth-order valence-corrected chi connectivity index (χ4v) is 2.44. The normalized spacial score (nSPS) is 16.9. The third kappa shape index (κ3) is 3.71. The van der Waals surface area contributed by atoms with Crippen LogP contribution in [0.1, 0.15) is 44.2 Å². The zero-order chi connectivity index (χ0) is 12.3. The van der Waals surface area contributed by atoms with Crippen molar-refractivity contribution in [3.8, 4) is 5.75 Å². The fraction of sp³-hybridized carbons (Fsp3) is 0.571. The minimum absolute atomic E-state index is 0.166. The third-order valence-corrected chi connectivity index (χ3v) is 3.75. The zero-order valence-corrected chi connectivity index (χ0v) is 11.9. The Bertz CT molecular complexity index is 376. The molecule has 0 heterocycles. The average molecular weight is 298 g/mol. The Morgan fingerprint density at radius 2 is 2.24 bits per heavy atom. The van der Waals surface area contributed by atoms with Crippen molar-refractivity contribution >= 4 is 15.9 Å². The summed E-state index contributed by atoms with van der Waals surface area (Å²) < 4.78 is 6.64. The first-order valence-corrected chi connectivity index (χ1v) is 7.17. The van der Waals surface area contributed by atoms with Gasteiger partial charge in [-0.05, 0) is 52.4 Å². The molecule has 1 aromatic carbocycles. The van der Waals surface area contributed by atoms with E-state index in [1.54, 1.807) is 0 Å². The van der Waals surface area contributed by atoms with Crippen molar-refractivity contribution in [1.29, 1.82) is 0 Å². The summed E-state index contributed by atoms with van der Waals surface area (Å²) in [7, 11) is 0. The molecule has 1 saturated carbocycles. The summed E-state index contributed by atoms with van der Waals surface area (Å²) in [6, 6.07) is 6.36. The number of hydrogen-bond acceptors (Lipinski definition) is 2. The molecule has 1 aliphatic rings. The highest BCUT2D eigenvalue weighted by Crippen LogP contribution is 2.37. The lowest BCUT2D eigenvalue weighted by Gasteiger charge is -2.14. The molecule has 0 aromatic heterocycles. The van der Waals surface area contributed by atoms with Gasteiger partial charge in [-0.25, -0.2) is 0 Å². The number of hydrogen-bond donors (Lipinski definition) is 1. The molecule has 0 amide bonds. The summed E-state index contributed by atoms with van der Waals surface area (Å²) in [6.07, 6.45) is 4.84. The van der Waals surface area contributed by atoms with Gasteiger partial charge in [-0.2, -0.15) is 0 Å². The van der Waals surface area contributed by atoms with E-state index in [4.69, 9.17) is 10.5 Å². The van der Waals surface area contributed by atoms with Gasteiger partial charge in [-0.15, -0.1) is 0 Å². The van der Waals surface area contributed by atoms with Crippen molar-refractivity contribution < 1.29 is 4.74 Å². The lowest BCUT2D eigenvalue weighted by Crippen LogP contribution is -2.11. The second-order valence-electron chi connectivity index (χ2n) is 4.82. The predicted molar refractivity (Wildman–Crippen MR) is 74.2 cm³/mol. The van der Waals surface area contributed by atoms with E-state index >= 15 is 0 Å². The number of ether oxygens (including phenoxy) is 1. The van der Waals surface area contributed by atoms with E-state index in [0.29, 0.717) is 0 Å². The summed E-state index contributed by atoms with van der Waals surface area (Å²) in [5, 5.41) is 0. The minimum Gasteiger partial charge on any atom is -0.492 e. The molecule has 1 unspecified atom stereocenters. The van der Waals surface area contributed by atoms with Crippen LogP contribution < -0.4 is 10.5 Å². The molecule has 0 spiro atoms. The van der Waals surface area contributed by atoms with Crippen LogP contribution in [0.2, 0.25) is 0 Å². The fourth-order valence-electron chi connectivity index (χ4n) is 1.93. The first kappa shape index (κ1) is 12.9. The number of nitrogens with two attached hydrogens (primary N) is 1. The summed E-state index contributed by atoms with van der Waals surface area (Å²) in [6.45, 7) is 2.86. The molecule has 3 heteroatoms. The second-order valence-corrected chi connectivity index (χ2v) is 5.68. The maximum absolute atomic E-state index is 6.19. The third-order valence-electron chi connectivity index (χ3n) is 3.13. The van der Waals surface area contributed by atoms with Crippen LogP contribution >= 0.6 is 15.9 Å². The molecule has 1 atom stereocenters. The van der Waals surface area contributed by atoms with Crippen molar-refractivity contribution in [3.63, 3.8) is 0 Å². The van der Waals surface area contributed by atoms with Gasteiger partial charge in [0, 0.05) is 6.04 Å². The molecule has 0 saturated heterocycles. The van der Waals surface area contributed by atoms with Crippen LogP contribution in [0.3, 0.4) is 0 Å². The van der Waals surface area contributed by atoms with E-state index in [9.17, 15) is 0 Å². The first-order valence-electron chi connectivity index (χ1n) is 6.38. The Morgan fingerprint density at radius 1 is 1.47 bits per heavy atom. The standard InChI is InChI=1S/C14H20BrNO/c1-2-7-17-14-6-5-11(9-12(14)15)13(16)8-10-3-4-10/h5-6,9-10,13H,2-4,7-8,16H2,1H3. The van der Waals surface area contributed by atoms with Crippen LogP contribution in [-0.4, -0.2) is 6.61 Å². The summed E-state index contributed by atoms with van der Waals surface area (Å²) >= 11 is 3.55. The van der Waals surface area contributed by atoms with Crippen molar-refractivity contribution in [2.75, 3.05) is 6.61 Å². The van der Waals surface area contributed by atoms with Gasteiger partial charge in [0.05, 0.1) is 11.1 Å². The van der Waals surface area contributed by atoms with E-state index in [2.05, 4.69) is 35.0 Å². The zero-order valence-electron chi connectivity index (χ0n) is 10.3. The molecule has 94 valence electrons. The Balaban J connectivity index is 2.00. The van der Waals surface area contributed by atoms with Crippen LogP contribution in [0.25, 0.3) is 0 Å². The van der Waals surface area contributed by atoms with Gasteiger partial charge >= 0.3 is 0 Å². The highest BCUT2D eigenvalue weighted by molar-refractivity contribution is 9.10. The van der Waals surface area contributed by atoms with Crippen LogP contribution in [0.15, 0.2) is 22.7 Å². The first-order chi connectivity index (χ1) is 8.20. The van der Waals surface area contributed by atoms with Gasteiger partial charge in [0.15, 0.2) is 0 Å². The molecule has 2 rings (SSSR count). The van der Waals surface area contributed by atoms with E-state index in [1.807, 2.05) is 6.07 Å². The molecular weight excluding hydrogens is 278 g/mol. The SMILES string of the molecule is CCCOc1ccc(C(N)CC2CC2)cc1Br. The molecule has 0 radical (unpaired) electrons. The van der Waals surface area contributed by atoms with Crippen LogP contribution in [0, 0.1) is 5.92 Å². The van der Waals surface area contributed by atoms with E-state index in [-0.39, 0.29) is 6.04 Å². The van der Waals surface area contributed by atoms with E-state index in [0.717, 1.165) is 35.6 Å². The van der Waals surface area contributed by atoms with Crippen molar-refractivity contribution in [2.24, 2.45) is 11.7 Å². The Kier molecular flexibility index (Phi) is 4.46. The van der Waals surface area contributed by atoms with E-state index < -0.39 is 0 Å². The van der Waals surface area contributed by atoms with Gasteiger partial charge in [-0.3, -0.25) is 0 Å². The molecule has 2 nitrogen and oxygen atoms in total. The lowest BCUT2D eigenvalue weighted by molar-refractivity contribution is 0.315. The number of benzene rings is 1. The summed E-state index contributed by atoms with van der Waals surface area (Å²) in [5.74, 6) is 1.77. The van der Waals surface area contributed by atoms with Crippen LogP contribution in [0.4, 0.5) is 0 Å². The highest BCUT2D eigenvalue weighted by atomic mass is 79.9. The van der Waals surface area contributed by atoms with Crippen LogP contribution in [-0.2, 0) is 0 Å². The van der Waals surface area contributed by atoms with Crippen molar-refractivity contribution in [2.45, 2.75) is 38.6 Å². The van der Waals surface area contributed by atoms with Gasteiger partial charge in [0.25, 0.3) is 0 Å². The maximum atomic E-state index is 6.19. The molecule has 1 fully saturated rings. The molecule has 0 bridgehead atoms. The molecule has 17 heavy (non-hydrogen) atoms. The number of rotatable bonds is 6. The maximum Gasteiger partial charge on any atom is 0.133 e. The molecule has 1 aromatic rings. The Labute approximate surface area is 112 Å². The Hall–Kier alpha value is -0.540. The van der Waals surface area contributed by atoms with Crippen LogP contribution in [0.5, 0.6) is 5.75 Å². The van der Waals surface area contributed by atoms with E-state index in [1.165, 1.54) is 18.4 Å². The molecule has 0 aliphatic heterocycles. The van der Waals surface area contributed by atoms with Crippen molar-refractivity contribution in [3.05, 3.63) is 28.2 Å². The molecular formula is C14H20BrNO. The second kappa shape index (κ2) is 5.87. The molecule has 2 N–H and O–H groups in total. The average Bonchev–Trinajstić information content (AvgIpc) is 3.11. The van der Waals surface area contributed by atoms with Gasteiger partial charge in [0.2, 0.25) is 0 Å². The highest BCUT2D eigenvalue weighted by Gasteiger charge is 2.24. The smallest absolute Gasteiger partial charge is 0.133 e. The topological polar surface area (TPSA) is 35.2 Å². The van der Waals surface area contributed by atoms with Gasteiger partial charge in [0.1, 0.15) is 5.75 Å². The summed E-state index contributed by atoms with van der Waals surface area (Å²) in [4.78, 5) is 0. The van der Waals surface area contributed by atoms with Crippen molar-refractivity contribution in [1.82, 2.24) is 0 Å². The number of halogens is 1. The Morgan fingerprint density at radius 3 is 2.82 bits per heavy atom. The van der Waals surface area contributed by atoms with Gasteiger partial charge < -0.3 is 10.5 Å². The van der Waals surface area contributed by atoms with Gasteiger partial charge in [-0.1, -0.05) is 25.8 Å². The largest absolute Gasteiger partial charge is 0.492 e. The quantitative estimate of drug-likeness (QED) is 0.860. The predicted octanol–water partition coefficient (Wildman–Crippen LogP) is 4.04. The summed E-state index contributed by atoms with van der Waals surface area (Å²) in [5.41, 5.74) is 7.39.